The van der Waals surface area contributed by atoms with Crippen molar-refractivity contribution in [3.05, 3.63) is 120 Å². The first-order chi connectivity index (χ1) is 32.1. The number of benzene rings is 4. The lowest BCUT2D eigenvalue weighted by Crippen LogP contribution is -2.51. The maximum atomic E-state index is 14.2. The second-order valence-corrected chi connectivity index (χ2v) is 18.2. The number of hydrogen-bond acceptors (Lipinski definition) is 8. The van der Waals surface area contributed by atoms with E-state index in [0.29, 0.717) is 25.4 Å². The summed E-state index contributed by atoms with van der Waals surface area (Å²) < 4.78 is 9.72. The van der Waals surface area contributed by atoms with Gasteiger partial charge in [0.15, 0.2) is 0 Å². The molecular formula is C52H58N8O6. The van der Waals surface area contributed by atoms with E-state index in [1.165, 1.54) is 39.0 Å². The van der Waals surface area contributed by atoms with Crippen LogP contribution >= 0.6 is 0 Å². The van der Waals surface area contributed by atoms with Crippen molar-refractivity contribution in [1.29, 1.82) is 0 Å². The highest BCUT2D eigenvalue weighted by atomic mass is 16.5. The van der Waals surface area contributed by atoms with Gasteiger partial charge in [0.2, 0.25) is 11.8 Å². The second-order valence-electron chi connectivity index (χ2n) is 18.2. The van der Waals surface area contributed by atoms with Gasteiger partial charge in [-0.15, -0.1) is 0 Å². The molecule has 0 spiro atoms. The molecule has 1 aliphatic carbocycles. The van der Waals surface area contributed by atoms with E-state index in [9.17, 15) is 19.2 Å². The number of carbonyl (C=O) groups excluding carboxylic acids is 4. The summed E-state index contributed by atoms with van der Waals surface area (Å²) in [6.07, 6.45) is 9.64. The largest absolute Gasteiger partial charge is 0.453 e. The van der Waals surface area contributed by atoms with Crippen molar-refractivity contribution in [2.24, 2.45) is 5.92 Å². The Hall–Kier alpha value is -6.96. The average Bonchev–Trinajstić information content (AvgIpc) is 4.17. The number of carbonyl (C=O) groups is 4. The first-order valence-corrected chi connectivity index (χ1v) is 23.2. The SMILES string of the molecule is COC(=O)N[C@H](C(=O)N1CCC[C@H]1c1ncc(-c2ccc3cc(-c4ccc(-c5cnc([C@@H]6CCCN6C(=O)[C@@H](Cc6cccc(C7CCC7)c6)NC(=O)OC)[nH]5)cc4)ccc3c2)[nH]1)C(C)C. The molecule has 6 aromatic rings. The van der Waals surface area contributed by atoms with Gasteiger partial charge in [-0.1, -0.05) is 93.1 Å². The van der Waals surface area contributed by atoms with E-state index in [2.05, 4.69) is 93.4 Å². The van der Waals surface area contributed by atoms with E-state index < -0.39 is 24.3 Å². The maximum absolute atomic E-state index is 14.2. The third-order valence-electron chi connectivity index (χ3n) is 13.7. The molecule has 14 heteroatoms. The molecule has 3 fully saturated rings. The number of amides is 4. The number of methoxy groups -OCH3 is 2. The molecule has 4 N–H and O–H groups in total. The van der Waals surface area contributed by atoms with Gasteiger partial charge in [0.1, 0.15) is 23.7 Å². The highest BCUT2D eigenvalue weighted by Gasteiger charge is 2.39. The number of imidazole rings is 2. The minimum absolute atomic E-state index is 0.108. The standard InChI is InChI=1S/C52H58N8O6/c1-31(2)46(58-52(64)66-4)50(62)60-24-8-14-45(60)48-54-30-43(56-48)40-22-21-38-27-37(19-20-39(38)28-40)34-15-17-35(18-16-34)42-29-53-47(55-42)44-13-7-23-59(44)49(61)41(57-51(63)65-3)26-32-9-5-12-36(25-32)33-10-6-11-33/h5,9,12,15-22,25,27-31,33,41,44-46H,6-8,10-11,13-14,23-24,26H2,1-4H3,(H,53,55)(H,54,56)(H,57,63)(H,58,64)/t41-,44+,45+,46+/m1/s1. The van der Waals surface area contributed by atoms with Crippen LogP contribution in [0.1, 0.15) is 99.6 Å². The molecule has 2 saturated heterocycles. The van der Waals surface area contributed by atoms with E-state index in [-0.39, 0.29) is 29.8 Å². The number of aromatic nitrogens is 4. The minimum atomic E-state index is -0.769. The summed E-state index contributed by atoms with van der Waals surface area (Å²) in [7, 11) is 2.61. The molecule has 4 heterocycles. The molecule has 9 rings (SSSR count). The van der Waals surface area contributed by atoms with E-state index >= 15 is 0 Å². The number of aromatic amines is 2. The lowest BCUT2D eigenvalue weighted by Gasteiger charge is -2.30. The number of fused-ring (bicyclic) bond motifs is 1. The van der Waals surface area contributed by atoms with Crippen LogP contribution in [0.5, 0.6) is 0 Å². The molecular weight excluding hydrogens is 833 g/mol. The molecule has 0 radical (unpaired) electrons. The lowest BCUT2D eigenvalue weighted by atomic mass is 9.79. The van der Waals surface area contributed by atoms with E-state index in [1.807, 2.05) is 48.2 Å². The Morgan fingerprint density at radius 1 is 0.652 bits per heavy atom. The van der Waals surface area contributed by atoms with Gasteiger partial charge in [0.05, 0.1) is 50.1 Å². The highest BCUT2D eigenvalue weighted by molar-refractivity contribution is 5.91. The van der Waals surface area contributed by atoms with Gasteiger partial charge in [-0.05, 0) is 101 Å². The summed E-state index contributed by atoms with van der Waals surface area (Å²) in [5.41, 5.74) is 8.19. The summed E-state index contributed by atoms with van der Waals surface area (Å²) in [5, 5.41) is 7.73. The van der Waals surface area contributed by atoms with E-state index in [0.717, 1.165) is 87.3 Å². The zero-order valence-electron chi connectivity index (χ0n) is 38.0. The van der Waals surface area contributed by atoms with Crippen LogP contribution in [0.15, 0.2) is 97.3 Å². The Bertz CT molecular complexity index is 2720. The molecule has 3 aliphatic rings. The molecule has 2 aliphatic heterocycles. The molecule has 14 nitrogen and oxygen atoms in total. The summed E-state index contributed by atoms with van der Waals surface area (Å²) in [5.74, 6) is 1.64. The van der Waals surface area contributed by atoms with Crippen LogP contribution in [0, 0.1) is 5.92 Å². The predicted molar refractivity (Wildman–Crippen MR) is 252 cm³/mol. The lowest BCUT2D eigenvalue weighted by molar-refractivity contribution is -0.135. The third kappa shape index (κ3) is 9.27. The zero-order chi connectivity index (χ0) is 45.9. The second kappa shape index (κ2) is 19.3. The van der Waals surface area contributed by atoms with Crippen molar-refractivity contribution in [3.63, 3.8) is 0 Å². The smallest absolute Gasteiger partial charge is 0.407 e. The molecule has 4 atom stereocenters. The molecule has 0 unspecified atom stereocenters. The van der Waals surface area contributed by atoms with Crippen LogP contribution in [0.25, 0.3) is 44.4 Å². The van der Waals surface area contributed by atoms with Gasteiger partial charge in [-0.3, -0.25) is 9.59 Å². The number of H-pyrrole nitrogens is 2. The Labute approximate surface area is 384 Å². The number of ether oxygens (including phenoxy) is 2. The van der Waals surface area contributed by atoms with Gasteiger partial charge in [-0.2, -0.15) is 0 Å². The van der Waals surface area contributed by atoms with Gasteiger partial charge >= 0.3 is 12.2 Å². The molecule has 1 saturated carbocycles. The van der Waals surface area contributed by atoms with Crippen LogP contribution in [0.4, 0.5) is 9.59 Å². The Morgan fingerprint density at radius 3 is 1.82 bits per heavy atom. The number of likely N-dealkylation sites (tertiary alicyclic amines) is 2. The average molecular weight is 891 g/mol. The van der Waals surface area contributed by atoms with Gasteiger partial charge in [0.25, 0.3) is 0 Å². The number of alkyl carbamates (subject to hydrolysis) is 2. The van der Waals surface area contributed by atoms with Crippen LogP contribution in [0.2, 0.25) is 0 Å². The first-order valence-electron chi connectivity index (χ1n) is 23.2. The molecule has 342 valence electrons. The van der Waals surface area contributed by atoms with Crippen molar-refractivity contribution >= 4 is 34.8 Å². The summed E-state index contributed by atoms with van der Waals surface area (Å²) in [4.78, 5) is 72.5. The van der Waals surface area contributed by atoms with Crippen molar-refractivity contribution in [3.8, 4) is 33.6 Å². The van der Waals surface area contributed by atoms with Crippen molar-refractivity contribution in [1.82, 2.24) is 40.4 Å². The summed E-state index contributed by atoms with van der Waals surface area (Å²) in [6, 6.07) is 27.7. The Morgan fingerprint density at radius 2 is 1.21 bits per heavy atom. The molecule has 4 aromatic carbocycles. The zero-order valence-corrected chi connectivity index (χ0v) is 38.0. The number of hydrogen-bond donors (Lipinski definition) is 4. The van der Waals surface area contributed by atoms with Gasteiger partial charge in [-0.25, -0.2) is 19.6 Å². The normalized spacial score (nSPS) is 18.3. The van der Waals surface area contributed by atoms with Crippen LogP contribution in [-0.4, -0.2) is 93.1 Å². The topological polar surface area (TPSA) is 175 Å². The number of nitrogens with zero attached hydrogens (tertiary/aromatic N) is 4. The van der Waals surface area contributed by atoms with Crippen molar-refractivity contribution < 1.29 is 28.7 Å². The van der Waals surface area contributed by atoms with Crippen molar-refractivity contribution in [2.75, 3.05) is 27.3 Å². The first kappa shape index (κ1) is 44.3. The fraction of sp³-hybridized carbons (Fsp3) is 0.385. The molecule has 2 aromatic heterocycles. The summed E-state index contributed by atoms with van der Waals surface area (Å²) in [6.45, 7) is 4.98. The monoisotopic (exact) mass is 890 g/mol. The van der Waals surface area contributed by atoms with Crippen LogP contribution in [0.3, 0.4) is 0 Å². The van der Waals surface area contributed by atoms with Crippen LogP contribution < -0.4 is 10.6 Å². The fourth-order valence-electron chi connectivity index (χ4n) is 9.80. The maximum Gasteiger partial charge on any atom is 0.407 e. The quantitative estimate of drug-likeness (QED) is 0.0888. The molecule has 0 bridgehead atoms. The highest BCUT2D eigenvalue weighted by Crippen LogP contribution is 2.38. The molecule has 66 heavy (non-hydrogen) atoms. The Kier molecular flexibility index (Phi) is 12.9. The van der Waals surface area contributed by atoms with Gasteiger partial charge in [0, 0.05) is 25.1 Å². The Balaban J connectivity index is 0.859. The van der Waals surface area contributed by atoms with Gasteiger partial charge < -0.3 is 39.9 Å². The summed E-state index contributed by atoms with van der Waals surface area (Å²) >= 11 is 0. The fourth-order valence-corrected chi connectivity index (χ4v) is 9.80. The van der Waals surface area contributed by atoms with Crippen molar-refractivity contribution in [2.45, 2.75) is 95.3 Å². The van der Waals surface area contributed by atoms with E-state index in [1.54, 1.807) is 0 Å². The van der Waals surface area contributed by atoms with Crippen LogP contribution in [-0.2, 0) is 25.5 Å². The predicted octanol–water partition coefficient (Wildman–Crippen LogP) is 9.23. The third-order valence-corrected chi connectivity index (χ3v) is 13.7. The number of nitrogens with one attached hydrogen (secondary N) is 4. The number of rotatable bonds is 13. The van der Waals surface area contributed by atoms with E-state index in [4.69, 9.17) is 19.4 Å². The minimum Gasteiger partial charge on any atom is -0.453 e. The molecule has 4 amide bonds.